The van der Waals surface area contributed by atoms with Crippen LogP contribution in [-0.4, -0.2) is 37.6 Å². The van der Waals surface area contributed by atoms with E-state index in [2.05, 4.69) is 41.9 Å². The Morgan fingerprint density at radius 2 is 1.87 bits per heavy atom. The van der Waals surface area contributed by atoms with Crippen LogP contribution < -0.4 is 20.7 Å². The minimum Gasteiger partial charge on any atom is -0.484 e. The van der Waals surface area contributed by atoms with Crippen molar-refractivity contribution in [1.29, 1.82) is 0 Å². The maximum atomic E-state index is 11.7. The number of carbonyl (C=O) groups excluding carboxylic acids is 1. The Bertz CT molecular complexity index is 817. The van der Waals surface area contributed by atoms with Crippen LogP contribution in [0.3, 0.4) is 0 Å². The summed E-state index contributed by atoms with van der Waals surface area (Å²) in [7, 11) is 0. The van der Waals surface area contributed by atoms with Gasteiger partial charge in [-0.15, -0.1) is 0 Å². The van der Waals surface area contributed by atoms with Gasteiger partial charge in [-0.25, -0.2) is 0 Å². The minimum absolute atomic E-state index is 0.0518. The largest absolute Gasteiger partial charge is 0.484 e. The molecule has 0 aromatic heterocycles. The first-order valence-electron chi connectivity index (χ1n) is 10.7. The molecule has 0 radical (unpaired) electrons. The molecule has 1 aliphatic carbocycles. The lowest BCUT2D eigenvalue weighted by atomic mass is 10.1. The van der Waals surface area contributed by atoms with E-state index in [9.17, 15) is 4.79 Å². The monoisotopic (exact) mass is 408 g/mol. The van der Waals surface area contributed by atoms with Gasteiger partial charge in [0.2, 0.25) is 0 Å². The van der Waals surface area contributed by atoms with Crippen LogP contribution in [0.2, 0.25) is 0 Å². The Labute approximate surface area is 179 Å². The van der Waals surface area contributed by atoms with E-state index >= 15 is 0 Å². The van der Waals surface area contributed by atoms with Gasteiger partial charge in [-0.05, 0) is 56.4 Å². The predicted octanol–water partition coefficient (Wildman–Crippen LogP) is 3.20. The maximum Gasteiger partial charge on any atom is 0.258 e. The normalized spacial score (nSPS) is 14.7. The molecule has 0 heterocycles. The molecule has 0 saturated heterocycles. The molecule has 1 amide bonds. The van der Waals surface area contributed by atoms with E-state index in [4.69, 9.17) is 9.73 Å². The van der Waals surface area contributed by atoms with E-state index < -0.39 is 0 Å². The van der Waals surface area contributed by atoms with E-state index in [1.165, 1.54) is 11.1 Å². The summed E-state index contributed by atoms with van der Waals surface area (Å²) in [5.41, 5.74) is 2.41. The highest BCUT2D eigenvalue weighted by Gasteiger charge is 2.23. The van der Waals surface area contributed by atoms with Crippen LogP contribution in [0.4, 0.5) is 0 Å². The number of rotatable bonds is 10. The lowest BCUT2D eigenvalue weighted by molar-refractivity contribution is -0.123. The molecule has 0 bridgehead atoms. The molecule has 3 N–H and O–H groups in total. The number of carbonyl (C=O) groups is 1. The van der Waals surface area contributed by atoms with Gasteiger partial charge in [0.15, 0.2) is 12.6 Å². The molecule has 0 aliphatic heterocycles. The van der Waals surface area contributed by atoms with Crippen LogP contribution in [0.1, 0.15) is 43.9 Å². The molecule has 30 heavy (non-hydrogen) atoms. The van der Waals surface area contributed by atoms with Crippen LogP contribution >= 0.6 is 0 Å². The fraction of sp³-hybridized carbons (Fsp3) is 0.417. The van der Waals surface area contributed by atoms with Gasteiger partial charge in [-0.1, -0.05) is 42.5 Å². The number of nitrogens with zero attached hydrogens (tertiary/aromatic N) is 1. The third kappa shape index (κ3) is 7.43. The first-order valence-corrected chi connectivity index (χ1v) is 10.7. The molecule has 6 nitrogen and oxygen atoms in total. The van der Waals surface area contributed by atoms with Crippen molar-refractivity contribution in [1.82, 2.24) is 16.0 Å². The Balaban J connectivity index is 1.45. The zero-order valence-corrected chi connectivity index (χ0v) is 17.9. The summed E-state index contributed by atoms with van der Waals surface area (Å²) in [6, 6.07) is 18.7. The van der Waals surface area contributed by atoms with Crippen molar-refractivity contribution in [3.8, 4) is 5.75 Å². The fourth-order valence-electron chi connectivity index (χ4n) is 3.05. The Morgan fingerprint density at radius 3 is 2.53 bits per heavy atom. The summed E-state index contributed by atoms with van der Waals surface area (Å²) >= 11 is 0. The van der Waals surface area contributed by atoms with Gasteiger partial charge in [-0.3, -0.25) is 9.79 Å². The van der Waals surface area contributed by atoms with Gasteiger partial charge in [0.1, 0.15) is 5.75 Å². The van der Waals surface area contributed by atoms with Gasteiger partial charge in [0.25, 0.3) is 5.91 Å². The van der Waals surface area contributed by atoms with Crippen LogP contribution in [0.5, 0.6) is 5.75 Å². The van der Waals surface area contributed by atoms with Crippen LogP contribution in [0.25, 0.3) is 0 Å². The third-order valence-corrected chi connectivity index (χ3v) is 4.90. The topological polar surface area (TPSA) is 74.8 Å². The SMILES string of the molecule is CCNC(=NCCc1ccc(OCC(=O)NC2CC2)cc1)NC(C)c1ccccc1. The summed E-state index contributed by atoms with van der Waals surface area (Å²) < 4.78 is 5.55. The molecule has 1 aliphatic rings. The van der Waals surface area contributed by atoms with E-state index in [0.717, 1.165) is 31.8 Å². The summed E-state index contributed by atoms with van der Waals surface area (Å²) in [4.78, 5) is 16.4. The Morgan fingerprint density at radius 1 is 1.13 bits per heavy atom. The first-order chi connectivity index (χ1) is 14.6. The van der Waals surface area contributed by atoms with E-state index in [0.29, 0.717) is 18.3 Å². The number of nitrogens with one attached hydrogen (secondary N) is 3. The van der Waals surface area contributed by atoms with Crippen molar-refractivity contribution in [2.24, 2.45) is 4.99 Å². The number of amides is 1. The molecular formula is C24H32N4O2. The molecule has 2 aromatic rings. The number of benzene rings is 2. The van der Waals surface area contributed by atoms with E-state index in [1.54, 1.807) is 0 Å². The average Bonchev–Trinajstić information content (AvgIpc) is 3.58. The van der Waals surface area contributed by atoms with Crippen molar-refractivity contribution < 1.29 is 9.53 Å². The van der Waals surface area contributed by atoms with Gasteiger partial charge in [0.05, 0.1) is 6.04 Å². The molecule has 3 rings (SSSR count). The first kappa shape index (κ1) is 21.7. The lowest BCUT2D eigenvalue weighted by Gasteiger charge is -2.18. The van der Waals surface area contributed by atoms with Gasteiger partial charge >= 0.3 is 0 Å². The summed E-state index contributed by atoms with van der Waals surface area (Å²) in [5, 5.41) is 9.68. The second kappa shape index (κ2) is 11.2. The second-order valence-corrected chi connectivity index (χ2v) is 7.56. The number of hydrogen-bond acceptors (Lipinski definition) is 3. The second-order valence-electron chi connectivity index (χ2n) is 7.56. The fourth-order valence-corrected chi connectivity index (χ4v) is 3.05. The molecule has 160 valence electrons. The summed E-state index contributed by atoms with van der Waals surface area (Å²) in [5.74, 6) is 1.47. The van der Waals surface area contributed by atoms with Crippen molar-refractivity contribution >= 4 is 11.9 Å². The maximum absolute atomic E-state index is 11.7. The third-order valence-electron chi connectivity index (χ3n) is 4.90. The van der Waals surface area contributed by atoms with Crippen molar-refractivity contribution in [2.45, 2.75) is 45.2 Å². The predicted molar refractivity (Wildman–Crippen MR) is 121 cm³/mol. The number of ether oxygens (including phenoxy) is 1. The average molecular weight is 409 g/mol. The highest BCUT2D eigenvalue weighted by Crippen LogP contribution is 2.18. The summed E-state index contributed by atoms with van der Waals surface area (Å²) in [6.45, 7) is 5.76. The standard InChI is InChI=1S/C24H32N4O2/c1-3-25-24(27-18(2)20-7-5-4-6-8-20)26-16-15-19-9-13-22(14-10-19)30-17-23(29)28-21-11-12-21/h4-10,13-14,18,21H,3,11-12,15-17H2,1-2H3,(H,28,29)(H2,25,26,27). The highest BCUT2D eigenvalue weighted by molar-refractivity contribution is 5.80. The Kier molecular flexibility index (Phi) is 8.12. The molecule has 1 atom stereocenters. The molecule has 0 spiro atoms. The van der Waals surface area contributed by atoms with Gasteiger partial charge in [0, 0.05) is 19.1 Å². The van der Waals surface area contributed by atoms with Crippen molar-refractivity contribution in [2.75, 3.05) is 19.7 Å². The Hall–Kier alpha value is -3.02. The quantitative estimate of drug-likeness (QED) is 0.417. The molecule has 2 aromatic carbocycles. The zero-order valence-electron chi connectivity index (χ0n) is 17.9. The van der Waals surface area contributed by atoms with E-state index in [1.807, 2.05) is 42.5 Å². The molecule has 1 fully saturated rings. The number of hydrogen-bond donors (Lipinski definition) is 3. The van der Waals surface area contributed by atoms with Gasteiger partial charge in [-0.2, -0.15) is 0 Å². The molecule has 1 saturated carbocycles. The number of aliphatic imine (C=N–C) groups is 1. The van der Waals surface area contributed by atoms with Crippen molar-refractivity contribution in [3.63, 3.8) is 0 Å². The molecule has 6 heteroatoms. The minimum atomic E-state index is -0.0518. The van der Waals surface area contributed by atoms with Gasteiger partial charge < -0.3 is 20.7 Å². The van der Waals surface area contributed by atoms with E-state index in [-0.39, 0.29) is 18.6 Å². The zero-order chi connectivity index (χ0) is 21.2. The summed E-state index contributed by atoms with van der Waals surface area (Å²) in [6.07, 6.45) is 3.00. The highest BCUT2D eigenvalue weighted by atomic mass is 16.5. The number of guanidine groups is 1. The van der Waals surface area contributed by atoms with Crippen LogP contribution in [0, 0.1) is 0 Å². The van der Waals surface area contributed by atoms with Crippen LogP contribution in [-0.2, 0) is 11.2 Å². The lowest BCUT2D eigenvalue weighted by Crippen LogP contribution is -2.38. The smallest absolute Gasteiger partial charge is 0.258 e. The molecule has 1 unspecified atom stereocenters. The molecular weight excluding hydrogens is 376 g/mol. The van der Waals surface area contributed by atoms with Crippen LogP contribution in [0.15, 0.2) is 59.6 Å². The van der Waals surface area contributed by atoms with Crippen molar-refractivity contribution in [3.05, 3.63) is 65.7 Å².